The molecule has 2 aromatic rings. The Morgan fingerprint density at radius 1 is 1.10 bits per heavy atom. The molecule has 106 valence electrons. The second-order valence-electron chi connectivity index (χ2n) is 4.18. The number of ether oxygens (including phenoxy) is 1. The van der Waals surface area contributed by atoms with Gasteiger partial charge in [0.15, 0.2) is 0 Å². The van der Waals surface area contributed by atoms with Gasteiger partial charge in [-0.25, -0.2) is 0 Å². The van der Waals surface area contributed by atoms with Crippen molar-refractivity contribution in [1.29, 1.82) is 0 Å². The summed E-state index contributed by atoms with van der Waals surface area (Å²) in [6.45, 7) is -0.0191. The summed E-state index contributed by atoms with van der Waals surface area (Å²) >= 11 is 5.79. The van der Waals surface area contributed by atoms with Crippen molar-refractivity contribution in [2.45, 2.75) is 10.1 Å². The van der Waals surface area contributed by atoms with Crippen molar-refractivity contribution in [3.63, 3.8) is 0 Å². The van der Waals surface area contributed by atoms with Crippen molar-refractivity contribution in [3.8, 4) is 5.75 Å². The van der Waals surface area contributed by atoms with Gasteiger partial charge in [-0.05, 0) is 36.4 Å². The molecule has 0 aliphatic carbocycles. The van der Waals surface area contributed by atoms with E-state index < -0.39 is 16.0 Å². The van der Waals surface area contributed by atoms with E-state index in [4.69, 9.17) is 16.3 Å². The summed E-state index contributed by atoms with van der Waals surface area (Å²) in [7, 11) is -1.30. The predicted octanol–water partition coefficient (Wildman–Crippen LogP) is 2.89. The van der Waals surface area contributed by atoms with E-state index in [0.717, 1.165) is 0 Å². The van der Waals surface area contributed by atoms with E-state index in [1.165, 1.54) is 0 Å². The van der Waals surface area contributed by atoms with Crippen LogP contribution >= 0.6 is 11.6 Å². The molecule has 0 heterocycles. The van der Waals surface area contributed by atoms with Crippen LogP contribution in [-0.4, -0.2) is 27.8 Å². The average molecular weight is 311 g/mol. The fourth-order valence-corrected chi connectivity index (χ4v) is 2.91. The molecule has 2 aromatic carbocycles. The molecule has 3 nitrogen and oxygen atoms in total. The third kappa shape index (κ3) is 4.07. The van der Waals surface area contributed by atoms with Crippen molar-refractivity contribution >= 4 is 22.4 Å². The number of benzene rings is 2. The molecule has 2 rings (SSSR count). The Bertz CT molecular complexity index is 557. The number of hydrogen-bond donors (Lipinski definition) is 1. The highest BCUT2D eigenvalue weighted by Gasteiger charge is 2.18. The van der Waals surface area contributed by atoms with Gasteiger partial charge >= 0.3 is 0 Å². The van der Waals surface area contributed by atoms with Crippen molar-refractivity contribution in [3.05, 3.63) is 59.6 Å². The fourth-order valence-electron chi connectivity index (χ4n) is 1.65. The molecule has 0 fully saturated rings. The zero-order chi connectivity index (χ0) is 14.4. The Hall–Kier alpha value is -1.36. The zero-order valence-corrected chi connectivity index (χ0v) is 12.3. The minimum atomic E-state index is -1.30. The van der Waals surface area contributed by atoms with Gasteiger partial charge in [0, 0.05) is 9.92 Å². The van der Waals surface area contributed by atoms with Gasteiger partial charge in [-0.15, -0.1) is 0 Å². The van der Waals surface area contributed by atoms with Gasteiger partial charge in [-0.2, -0.15) is 0 Å². The first-order chi connectivity index (χ1) is 9.70. The molecule has 0 saturated carbocycles. The summed E-state index contributed by atoms with van der Waals surface area (Å²) in [4.78, 5) is 0.686. The summed E-state index contributed by atoms with van der Waals surface area (Å²) in [6.07, 6.45) is 0. The lowest BCUT2D eigenvalue weighted by Gasteiger charge is -2.15. The lowest BCUT2D eigenvalue weighted by atomic mass is 10.3. The van der Waals surface area contributed by atoms with Gasteiger partial charge in [-0.3, -0.25) is 4.21 Å². The summed E-state index contributed by atoms with van der Waals surface area (Å²) in [5.74, 6) is 0.637. The van der Waals surface area contributed by atoms with Crippen LogP contribution in [0.1, 0.15) is 0 Å². The van der Waals surface area contributed by atoms with Gasteiger partial charge in [0.2, 0.25) is 0 Å². The normalized spacial score (nSPS) is 13.7. The van der Waals surface area contributed by atoms with Crippen LogP contribution in [0.5, 0.6) is 5.75 Å². The monoisotopic (exact) mass is 310 g/mol. The van der Waals surface area contributed by atoms with E-state index in [9.17, 15) is 9.32 Å². The molecular formula is C15H15ClO3S. The molecule has 0 spiro atoms. The fraction of sp³-hybridized carbons (Fsp3) is 0.200. The van der Waals surface area contributed by atoms with Crippen LogP contribution in [0.25, 0.3) is 0 Å². The highest BCUT2D eigenvalue weighted by molar-refractivity contribution is 7.85. The number of rotatable bonds is 6. The van der Waals surface area contributed by atoms with E-state index in [0.29, 0.717) is 15.7 Å². The first-order valence-electron chi connectivity index (χ1n) is 6.15. The maximum Gasteiger partial charge on any atom is 0.119 e. The zero-order valence-electron chi connectivity index (χ0n) is 10.7. The standard InChI is InChI=1S/C15H15ClO3S/c16-12-6-8-13(9-7-12)19-11-15(10-17)20(18)14-4-2-1-3-5-14/h1-9,15,17H,10-11H2. The minimum Gasteiger partial charge on any atom is -0.492 e. The second kappa shape index (κ2) is 7.43. The summed E-state index contributed by atoms with van der Waals surface area (Å²) in [6, 6.07) is 16.0. The maximum absolute atomic E-state index is 12.3. The minimum absolute atomic E-state index is 0.180. The molecule has 0 bridgehead atoms. The van der Waals surface area contributed by atoms with E-state index >= 15 is 0 Å². The molecule has 0 radical (unpaired) electrons. The molecule has 5 heteroatoms. The smallest absolute Gasteiger partial charge is 0.119 e. The lowest BCUT2D eigenvalue weighted by molar-refractivity contribution is 0.238. The molecule has 0 saturated heterocycles. The summed E-state index contributed by atoms with van der Waals surface area (Å²) in [5.41, 5.74) is 0. The predicted molar refractivity (Wildman–Crippen MR) is 80.7 cm³/mol. The van der Waals surface area contributed by atoms with Gasteiger partial charge in [0.1, 0.15) is 12.4 Å². The molecule has 20 heavy (non-hydrogen) atoms. The van der Waals surface area contributed by atoms with Crippen LogP contribution in [0, 0.1) is 0 Å². The van der Waals surface area contributed by atoms with Crippen LogP contribution in [0.4, 0.5) is 0 Å². The molecular weight excluding hydrogens is 296 g/mol. The van der Waals surface area contributed by atoms with Gasteiger partial charge in [0.05, 0.1) is 22.7 Å². The number of aliphatic hydroxyl groups excluding tert-OH is 1. The molecule has 1 N–H and O–H groups in total. The molecule has 2 atom stereocenters. The van der Waals surface area contributed by atoms with Crippen molar-refractivity contribution in [2.24, 2.45) is 0 Å². The SMILES string of the molecule is O=S(c1ccccc1)C(CO)COc1ccc(Cl)cc1. The van der Waals surface area contributed by atoms with Crippen molar-refractivity contribution in [2.75, 3.05) is 13.2 Å². The number of aliphatic hydroxyl groups is 1. The second-order valence-corrected chi connectivity index (χ2v) is 6.35. The third-order valence-corrected chi connectivity index (χ3v) is 4.61. The molecule has 0 aliphatic heterocycles. The molecule has 0 aliphatic rings. The van der Waals surface area contributed by atoms with E-state index in [1.54, 1.807) is 36.4 Å². The Balaban J connectivity index is 1.99. The number of hydrogen-bond acceptors (Lipinski definition) is 3. The first-order valence-corrected chi connectivity index (χ1v) is 7.74. The Morgan fingerprint density at radius 3 is 2.35 bits per heavy atom. The highest BCUT2D eigenvalue weighted by atomic mass is 35.5. The van der Waals surface area contributed by atoms with Crippen LogP contribution < -0.4 is 4.74 Å². The van der Waals surface area contributed by atoms with Gasteiger partial charge in [0.25, 0.3) is 0 Å². The highest BCUT2D eigenvalue weighted by Crippen LogP contribution is 2.17. The molecule has 0 amide bonds. The molecule has 2 unspecified atom stereocenters. The van der Waals surface area contributed by atoms with Crippen LogP contribution in [-0.2, 0) is 10.8 Å². The van der Waals surface area contributed by atoms with Crippen LogP contribution in [0.15, 0.2) is 59.5 Å². The van der Waals surface area contributed by atoms with E-state index in [2.05, 4.69) is 0 Å². The Morgan fingerprint density at radius 2 is 1.75 bits per heavy atom. The topological polar surface area (TPSA) is 46.5 Å². The average Bonchev–Trinajstić information content (AvgIpc) is 2.50. The lowest BCUT2D eigenvalue weighted by Crippen LogP contribution is -2.27. The van der Waals surface area contributed by atoms with Gasteiger partial charge in [-0.1, -0.05) is 29.8 Å². The largest absolute Gasteiger partial charge is 0.492 e. The molecule has 0 aromatic heterocycles. The van der Waals surface area contributed by atoms with E-state index in [1.807, 2.05) is 18.2 Å². The maximum atomic E-state index is 12.3. The Labute approximate surface area is 125 Å². The Kier molecular flexibility index (Phi) is 5.59. The van der Waals surface area contributed by atoms with Crippen molar-refractivity contribution in [1.82, 2.24) is 0 Å². The van der Waals surface area contributed by atoms with E-state index in [-0.39, 0.29) is 13.2 Å². The third-order valence-electron chi connectivity index (χ3n) is 2.73. The number of halogens is 1. The summed E-state index contributed by atoms with van der Waals surface area (Å²) < 4.78 is 17.8. The van der Waals surface area contributed by atoms with Gasteiger partial charge < -0.3 is 9.84 Å². The summed E-state index contributed by atoms with van der Waals surface area (Å²) in [5, 5.41) is 9.55. The van der Waals surface area contributed by atoms with Crippen molar-refractivity contribution < 1.29 is 14.1 Å². The first kappa shape index (κ1) is 15.0. The quantitative estimate of drug-likeness (QED) is 0.892. The van der Waals surface area contributed by atoms with Crippen LogP contribution in [0.2, 0.25) is 5.02 Å². The van der Waals surface area contributed by atoms with Crippen LogP contribution in [0.3, 0.4) is 0 Å².